The van der Waals surface area contributed by atoms with Crippen molar-refractivity contribution >= 4 is 12.6 Å². The van der Waals surface area contributed by atoms with E-state index in [0.717, 1.165) is 5.56 Å². The predicted octanol–water partition coefficient (Wildman–Crippen LogP) is 2.81. The van der Waals surface area contributed by atoms with E-state index in [0.29, 0.717) is 16.2 Å². The Morgan fingerprint density at radius 3 is 2.32 bits per heavy atom. The first-order chi connectivity index (χ1) is 13.6. The van der Waals surface area contributed by atoms with Gasteiger partial charge in [-0.05, 0) is 17.7 Å². The Balaban J connectivity index is 2.01. The Morgan fingerprint density at radius 2 is 1.68 bits per heavy atom. The molecule has 0 unspecified atom stereocenters. The van der Waals surface area contributed by atoms with Crippen LogP contribution in [0, 0.1) is 11.3 Å². The molecule has 2 aromatic heterocycles. The summed E-state index contributed by atoms with van der Waals surface area (Å²) < 4.78 is 1.93. The Hall–Kier alpha value is -3.14. The zero-order chi connectivity index (χ0) is 19.6. The predicted molar refractivity (Wildman–Crippen MR) is 108 cm³/mol. The van der Waals surface area contributed by atoms with Gasteiger partial charge >= 0.3 is 0 Å². The molecule has 5 nitrogen and oxygen atoms in total. The molecule has 3 atom stereocenters. The molecule has 0 aliphatic carbocycles. The van der Waals surface area contributed by atoms with Gasteiger partial charge in [-0.3, -0.25) is 4.98 Å². The summed E-state index contributed by atoms with van der Waals surface area (Å²) in [5.41, 5.74) is 0.573. The van der Waals surface area contributed by atoms with Gasteiger partial charge in [0, 0.05) is 30.1 Å². The molecule has 28 heavy (non-hydrogen) atoms. The molecule has 0 radical (unpaired) electrons. The van der Waals surface area contributed by atoms with Crippen LogP contribution in [0.1, 0.15) is 23.1 Å². The Kier molecular flexibility index (Phi) is 4.86. The van der Waals surface area contributed by atoms with Crippen molar-refractivity contribution < 1.29 is 9.67 Å². The summed E-state index contributed by atoms with van der Waals surface area (Å²) in [5, 5.41) is 25.3. The van der Waals surface area contributed by atoms with E-state index in [9.17, 15) is 10.4 Å². The Labute approximate surface area is 169 Å². The number of nitriles is 1. The average molecular weight is 387 g/mol. The number of rotatable bonds is 3. The number of hydrogen-bond donors (Lipinski definition) is 3. The van der Waals surface area contributed by atoms with E-state index in [1.165, 1.54) is 0 Å². The average Bonchev–Trinajstić information content (AvgIpc) is 2.75. The highest BCUT2D eigenvalue weighted by atomic mass is 32.1. The van der Waals surface area contributed by atoms with Crippen LogP contribution in [0.3, 0.4) is 0 Å². The van der Waals surface area contributed by atoms with Crippen molar-refractivity contribution in [1.82, 2.24) is 10.3 Å². The lowest BCUT2D eigenvalue weighted by Crippen LogP contribution is -2.62. The lowest BCUT2D eigenvalue weighted by Gasteiger charge is -2.42. The summed E-state index contributed by atoms with van der Waals surface area (Å²) in [7, 11) is 0. The second kappa shape index (κ2) is 7.47. The first kappa shape index (κ1) is 18.2. The largest absolute Gasteiger partial charge is 0.362 e. The molecule has 2 N–H and O–H groups in total. The van der Waals surface area contributed by atoms with Crippen LogP contribution in [-0.2, 0) is 5.72 Å². The van der Waals surface area contributed by atoms with E-state index in [-0.39, 0.29) is 0 Å². The number of thiol groups is 1. The molecular weight excluding hydrogens is 368 g/mol. The molecule has 4 rings (SSSR count). The van der Waals surface area contributed by atoms with Gasteiger partial charge in [0.05, 0.1) is 22.6 Å². The topological polar surface area (TPSA) is 72.8 Å². The van der Waals surface area contributed by atoms with Gasteiger partial charge in [0.25, 0.3) is 0 Å². The minimum absolute atomic E-state index is 0.364. The highest BCUT2D eigenvalue weighted by Crippen LogP contribution is 2.47. The summed E-state index contributed by atoms with van der Waals surface area (Å²) in [5.74, 6) is -0.417. The van der Waals surface area contributed by atoms with Crippen LogP contribution in [0.5, 0.6) is 0 Å². The molecule has 0 spiro atoms. The van der Waals surface area contributed by atoms with Crippen molar-refractivity contribution in [3.05, 3.63) is 107 Å². The van der Waals surface area contributed by atoms with Gasteiger partial charge in [0.1, 0.15) is 0 Å². The molecular formula is C22H19N4OS+. The number of nitrogens with one attached hydrogen (secondary N) is 1. The SMILES string of the molecule is N#CC1=C(S)N[C@](O)(c2ccccc2)[C@H]([n+]2ccccc2)[C@@H]1c1ccncc1. The smallest absolute Gasteiger partial charge is 0.227 e. The number of hydrogen-bond acceptors (Lipinski definition) is 5. The van der Waals surface area contributed by atoms with Gasteiger partial charge < -0.3 is 10.4 Å². The first-order valence-electron chi connectivity index (χ1n) is 8.90. The third kappa shape index (κ3) is 3.05. The number of aromatic nitrogens is 2. The summed E-state index contributed by atoms with van der Waals surface area (Å²) in [6.07, 6.45) is 7.18. The molecule has 6 heteroatoms. The van der Waals surface area contributed by atoms with Crippen LogP contribution >= 0.6 is 12.6 Å². The second-order valence-electron chi connectivity index (χ2n) is 6.66. The normalized spacial score (nSPS) is 24.3. The second-order valence-corrected chi connectivity index (χ2v) is 7.10. The molecule has 3 aromatic rings. The molecule has 1 aromatic carbocycles. The van der Waals surface area contributed by atoms with Crippen molar-refractivity contribution in [2.75, 3.05) is 0 Å². The highest BCUT2D eigenvalue weighted by molar-refractivity contribution is 7.84. The molecule has 0 saturated heterocycles. The van der Waals surface area contributed by atoms with Crippen molar-refractivity contribution in [3.63, 3.8) is 0 Å². The number of allylic oxidation sites excluding steroid dienone is 1. The van der Waals surface area contributed by atoms with Gasteiger partial charge in [-0.1, -0.05) is 36.4 Å². The zero-order valence-corrected chi connectivity index (χ0v) is 15.9. The van der Waals surface area contributed by atoms with Crippen LogP contribution < -0.4 is 9.88 Å². The zero-order valence-electron chi connectivity index (χ0n) is 15.0. The van der Waals surface area contributed by atoms with Crippen LogP contribution in [0.4, 0.5) is 0 Å². The standard InChI is InChI=1S/C22H18N4OS/c23-15-18-19(16-9-11-24-12-10-16)20(26-13-5-2-6-14-26)22(27,25-21(18)28)17-7-3-1-4-8-17/h1-14,19-20,25,27H/p+1/t19-,20-,22+/m1/s1. The molecule has 0 saturated carbocycles. The molecule has 1 aliphatic heterocycles. The van der Waals surface area contributed by atoms with Crippen molar-refractivity contribution in [1.29, 1.82) is 5.26 Å². The van der Waals surface area contributed by atoms with Gasteiger partial charge in [0.2, 0.25) is 11.8 Å². The fraction of sp³-hybridized carbons (Fsp3) is 0.136. The van der Waals surface area contributed by atoms with Crippen molar-refractivity contribution in [3.8, 4) is 6.07 Å². The minimum Gasteiger partial charge on any atom is -0.362 e. The van der Waals surface area contributed by atoms with Gasteiger partial charge in [-0.25, -0.2) is 0 Å². The molecule has 0 fully saturated rings. The number of pyridine rings is 2. The summed E-state index contributed by atoms with van der Waals surface area (Å²) in [6.45, 7) is 0. The van der Waals surface area contributed by atoms with Gasteiger partial charge in [-0.2, -0.15) is 9.83 Å². The summed E-state index contributed by atoms with van der Waals surface area (Å²) in [4.78, 5) is 4.10. The highest BCUT2D eigenvalue weighted by Gasteiger charge is 2.55. The van der Waals surface area contributed by atoms with E-state index in [1.807, 2.05) is 77.6 Å². The fourth-order valence-electron chi connectivity index (χ4n) is 3.83. The maximum Gasteiger partial charge on any atom is 0.227 e. The van der Waals surface area contributed by atoms with E-state index in [4.69, 9.17) is 0 Å². The van der Waals surface area contributed by atoms with Crippen LogP contribution in [-0.4, -0.2) is 10.1 Å². The summed E-state index contributed by atoms with van der Waals surface area (Å²) in [6, 6.07) is 20.6. The van der Waals surface area contributed by atoms with E-state index in [1.54, 1.807) is 12.4 Å². The van der Waals surface area contributed by atoms with Crippen LogP contribution in [0.15, 0.2) is 96.1 Å². The number of benzene rings is 1. The molecule has 1 aliphatic rings. The Bertz CT molecular complexity index is 1030. The molecule has 0 amide bonds. The van der Waals surface area contributed by atoms with E-state index < -0.39 is 17.7 Å². The first-order valence-corrected chi connectivity index (χ1v) is 9.35. The monoisotopic (exact) mass is 387 g/mol. The molecule has 3 heterocycles. The van der Waals surface area contributed by atoms with Crippen molar-refractivity contribution in [2.45, 2.75) is 17.7 Å². The molecule has 0 bridgehead atoms. The third-order valence-electron chi connectivity index (χ3n) is 5.08. The van der Waals surface area contributed by atoms with Crippen LogP contribution in [0.25, 0.3) is 0 Å². The van der Waals surface area contributed by atoms with Gasteiger partial charge in [-0.15, -0.1) is 12.6 Å². The maximum atomic E-state index is 11.9. The maximum absolute atomic E-state index is 11.9. The van der Waals surface area contributed by atoms with E-state index >= 15 is 0 Å². The third-order valence-corrected chi connectivity index (χ3v) is 5.43. The van der Waals surface area contributed by atoms with Crippen LogP contribution in [0.2, 0.25) is 0 Å². The Morgan fingerprint density at radius 1 is 1.04 bits per heavy atom. The van der Waals surface area contributed by atoms with Gasteiger partial charge in [0.15, 0.2) is 12.4 Å². The van der Waals surface area contributed by atoms with Crippen molar-refractivity contribution in [2.24, 2.45) is 0 Å². The fourth-order valence-corrected chi connectivity index (χ4v) is 4.19. The number of nitrogens with zero attached hydrogens (tertiary/aromatic N) is 3. The lowest BCUT2D eigenvalue weighted by atomic mass is 9.75. The molecule has 138 valence electrons. The van der Waals surface area contributed by atoms with E-state index in [2.05, 4.69) is 29.0 Å². The quantitative estimate of drug-likeness (QED) is 0.477. The minimum atomic E-state index is -1.47. The lowest BCUT2D eigenvalue weighted by molar-refractivity contribution is -0.743. The summed E-state index contributed by atoms with van der Waals surface area (Å²) >= 11 is 4.52. The number of aliphatic hydroxyl groups is 1.